The summed E-state index contributed by atoms with van der Waals surface area (Å²) < 4.78 is 5.36. The lowest BCUT2D eigenvalue weighted by Gasteiger charge is -2.10. The summed E-state index contributed by atoms with van der Waals surface area (Å²) in [6.07, 6.45) is 2.44. The predicted molar refractivity (Wildman–Crippen MR) is 77.7 cm³/mol. The lowest BCUT2D eigenvalue weighted by atomic mass is 10.1. The largest absolute Gasteiger partial charge is 0.496 e. The van der Waals surface area contributed by atoms with Gasteiger partial charge in [0.25, 0.3) is 0 Å². The maximum Gasteiger partial charge on any atom is 0.165 e. The number of methoxy groups -OCH3 is 1. The first kappa shape index (κ1) is 13.8. The molecule has 0 atom stereocenters. The van der Waals surface area contributed by atoms with Gasteiger partial charge in [0.15, 0.2) is 5.82 Å². The first-order chi connectivity index (χ1) is 9.73. The van der Waals surface area contributed by atoms with Crippen molar-refractivity contribution in [2.75, 3.05) is 19.5 Å². The average molecular weight is 268 g/mol. The summed E-state index contributed by atoms with van der Waals surface area (Å²) >= 11 is 0. The van der Waals surface area contributed by atoms with Crippen molar-refractivity contribution in [3.63, 3.8) is 0 Å². The van der Waals surface area contributed by atoms with E-state index in [0.717, 1.165) is 12.0 Å². The highest BCUT2D eigenvalue weighted by molar-refractivity contribution is 5.67. The normalized spacial score (nSPS) is 9.90. The third-order valence-corrected chi connectivity index (χ3v) is 3.06. The quantitative estimate of drug-likeness (QED) is 0.923. The zero-order chi connectivity index (χ0) is 14.5. The molecule has 0 unspecified atom stereocenters. The SMILES string of the molecule is CCc1ccc(OC)c(-c2ncc(C#N)c(NC)n2)c1. The topological polar surface area (TPSA) is 70.8 Å². The summed E-state index contributed by atoms with van der Waals surface area (Å²) in [6.45, 7) is 2.09. The van der Waals surface area contributed by atoms with E-state index >= 15 is 0 Å². The molecule has 0 radical (unpaired) electrons. The number of nitrogens with zero attached hydrogens (tertiary/aromatic N) is 3. The summed E-state index contributed by atoms with van der Waals surface area (Å²) in [6, 6.07) is 8.00. The highest BCUT2D eigenvalue weighted by Crippen LogP contribution is 2.29. The fourth-order valence-electron chi connectivity index (χ4n) is 1.93. The molecule has 0 bridgehead atoms. The van der Waals surface area contributed by atoms with Crippen molar-refractivity contribution in [1.29, 1.82) is 5.26 Å². The molecule has 0 aliphatic carbocycles. The molecule has 2 rings (SSSR count). The molecule has 1 heterocycles. The first-order valence-corrected chi connectivity index (χ1v) is 6.35. The average Bonchev–Trinajstić information content (AvgIpc) is 2.53. The van der Waals surface area contributed by atoms with Gasteiger partial charge in [-0.15, -0.1) is 0 Å². The van der Waals surface area contributed by atoms with Gasteiger partial charge < -0.3 is 10.1 Å². The van der Waals surface area contributed by atoms with E-state index in [-0.39, 0.29) is 0 Å². The van der Waals surface area contributed by atoms with Crippen LogP contribution in [-0.2, 0) is 6.42 Å². The van der Waals surface area contributed by atoms with E-state index < -0.39 is 0 Å². The molecule has 20 heavy (non-hydrogen) atoms. The zero-order valence-electron chi connectivity index (χ0n) is 11.8. The Labute approximate surface area is 118 Å². The Kier molecular flexibility index (Phi) is 4.16. The molecule has 0 aliphatic heterocycles. The Balaban J connectivity index is 2.58. The predicted octanol–water partition coefficient (Wildman–Crippen LogP) is 2.63. The first-order valence-electron chi connectivity index (χ1n) is 6.35. The van der Waals surface area contributed by atoms with E-state index in [9.17, 15) is 0 Å². The Morgan fingerprint density at radius 3 is 2.80 bits per heavy atom. The molecule has 102 valence electrons. The van der Waals surface area contributed by atoms with Gasteiger partial charge in [-0.05, 0) is 24.1 Å². The van der Waals surface area contributed by atoms with Gasteiger partial charge >= 0.3 is 0 Å². The Morgan fingerprint density at radius 1 is 1.40 bits per heavy atom. The van der Waals surface area contributed by atoms with E-state index in [1.165, 1.54) is 11.8 Å². The highest BCUT2D eigenvalue weighted by Gasteiger charge is 2.12. The number of hydrogen-bond acceptors (Lipinski definition) is 5. The third-order valence-electron chi connectivity index (χ3n) is 3.06. The number of aromatic nitrogens is 2. The summed E-state index contributed by atoms with van der Waals surface area (Å²) in [7, 11) is 3.35. The fourth-order valence-corrected chi connectivity index (χ4v) is 1.93. The van der Waals surface area contributed by atoms with Gasteiger partial charge in [-0.1, -0.05) is 13.0 Å². The Bertz CT molecular complexity index is 661. The monoisotopic (exact) mass is 268 g/mol. The van der Waals surface area contributed by atoms with Gasteiger partial charge in [-0.3, -0.25) is 0 Å². The van der Waals surface area contributed by atoms with Crippen molar-refractivity contribution < 1.29 is 4.74 Å². The fraction of sp³-hybridized carbons (Fsp3) is 0.267. The molecule has 1 N–H and O–H groups in total. The second-order valence-corrected chi connectivity index (χ2v) is 4.21. The minimum atomic E-state index is 0.418. The second kappa shape index (κ2) is 6.02. The van der Waals surface area contributed by atoms with E-state index in [4.69, 9.17) is 10.00 Å². The lowest BCUT2D eigenvalue weighted by Crippen LogP contribution is -2.01. The molecule has 0 amide bonds. The lowest BCUT2D eigenvalue weighted by molar-refractivity contribution is 0.416. The maximum atomic E-state index is 9.00. The number of nitrogens with one attached hydrogen (secondary N) is 1. The van der Waals surface area contributed by atoms with Crippen LogP contribution in [0, 0.1) is 11.3 Å². The highest BCUT2D eigenvalue weighted by atomic mass is 16.5. The van der Waals surface area contributed by atoms with Crippen molar-refractivity contribution in [3.05, 3.63) is 35.5 Å². The summed E-state index contributed by atoms with van der Waals surface area (Å²) in [4.78, 5) is 8.65. The second-order valence-electron chi connectivity index (χ2n) is 4.21. The third kappa shape index (κ3) is 2.54. The van der Waals surface area contributed by atoms with Crippen LogP contribution >= 0.6 is 0 Å². The van der Waals surface area contributed by atoms with Gasteiger partial charge in [0, 0.05) is 7.05 Å². The smallest absolute Gasteiger partial charge is 0.165 e. The zero-order valence-corrected chi connectivity index (χ0v) is 11.8. The molecule has 0 spiro atoms. The minimum Gasteiger partial charge on any atom is -0.496 e. The van der Waals surface area contributed by atoms with Crippen LogP contribution in [0.2, 0.25) is 0 Å². The molecule has 2 aromatic rings. The minimum absolute atomic E-state index is 0.418. The van der Waals surface area contributed by atoms with Gasteiger partial charge in [0.05, 0.1) is 18.9 Å². The molecule has 1 aromatic heterocycles. The van der Waals surface area contributed by atoms with Crippen LogP contribution in [0.15, 0.2) is 24.4 Å². The van der Waals surface area contributed by atoms with Crippen LogP contribution in [0.1, 0.15) is 18.1 Å². The maximum absolute atomic E-state index is 9.00. The Morgan fingerprint density at radius 2 is 2.20 bits per heavy atom. The number of anilines is 1. The summed E-state index contributed by atoms with van der Waals surface area (Å²) in [5.41, 5.74) is 2.43. The number of hydrogen-bond donors (Lipinski definition) is 1. The van der Waals surface area contributed by atoms with Crippen molar-refractivity contribution >= 4 is 5.82 Å². The molecule has 0 fully saturated rings. The number of ether oxygens (including phenoxy) is 1. The molecule has 0 aliphatic rings. The molecule has 1 aromatic carbocycles. The van der Waals surface area contributed by atoms with Crippen LogP contribution in [0.5, 0.6) is 5.75 Å². The van der Waals surface area contributed by atoms with Crippen LogP contribution in [0.3, 0.4) is 0 Å². The number of aryl methyl sites for hydroxylation is 1. The van der Waals surface area contributed by atoms with E-state index in [1.54, 1.807) is 14.2 Å². The number of nitriles is 1. The number of rotatable bonds is 4. The molecule has 5 heteroatoms. The van der Waals surface area contributed by atoms with Gasteiger partial charge in [-0.2, -0.15) is 5.26 Å². The number of benzene rings is 1. The van der Waals surface area contributed by atoms with E-state index in [1.807, 2.05) is 18.2 Å². The molecule has 5 nitrogen and oxygen atoms in total. The molecule has 0 saturated carbocycles. The van der Waals surface area contributed by atoms with Crippen LogP contribution in [-0.4, -0.2) is 24.1 Å². The standard InChI is InChI=1S/C15H16N4O/c1-4-10-5-6-13(20-3)12(7-10)15-18-9-11(8-16)14(17-2)19-15/h5-7,9H,4H2,1-3H3,(H,17,18,19). The summed E-state index contributed by atoms with van der Waals surface area (Å²) in [5, 5.41) is 11.9. The van der Waals surface area contributed by atoms with E-state index in [2.05, 4.69) is 28.3 Å². The molecular formula is C15H16N4O. The molecular weight excluding hydrogens is 252 g/mol. The van der Waals surface area contributed by atoms with Crippen molar-refractivity contribution in [2.45, 2.75) is 13.3 Å². The van der Waals surface area contributed by atoms with Crippen molar-refractivity contribution in [1.82, 2.24) is 9.97 Å². The molecule has 0 saturated heterocycles. The van der Waals surface area contributed by atoms with Crippen LogP contribution in [0.4, 0.5) is 5.82 Å². The van der Waals surface area contributed by atoms with Crippen LogP contribution in [0.25, 0.3) is 11.4 Å². The van der Waals surface area contributed by atoms with Gasteiger partial charge in [0.1, 0.15) is 23.2 Å². The summed E-state index contributed by atoms with van der Waals surface area (Å²) in [5.74, 6) is 1.77. The van der Waals surface area contributed by atoms with Crippen LogP contribution < -0.4 is 10.1 Å². The van der Waals surface area contributed by atoms with Gasteiger partial charge in [-0.25, -0.2) is 9.97 Å². The Hall–Kier alpha value is -2.61. The van der Waals surface area contributed by atoms with Crippen molar-refractivity contribution in [3.8, 4) is 23.2 Å². The van der Waals surface area contributed by atoms with E-state index in [0.29, 0.717) is 23.0 Å². The van der Waals surface area contributed by atoms with Crippen molar-refractivity contribution in [2.24, 2.45) is 0 Å². The van der Waals surface area contributed by atoms with Gasteiger partial charge in [0.2, 0.25) is 0 Å².